The average Bonchev–Trinajstić information content (AvgIpc) is 3.18. The normalized spacial score (nSPS) is 12.0. The Morgan fingerprint density at radius 3 is 2.54 bits per heavy atom. The lowest BCUT2D eigenvalue weighted by Gasteiger charge is -2.19. The highest BCUT2D eigenvalue weighted by molar-refractivity contribution is 14.0. The largest absolute Gasteiger partial charge is 0.356 e. The van der Waals surface area contributed by atoms with E-state index < -0.39 is 0 Å². The Morgan fingerprint density at radius 2 is 1.89 bits per heavy atom. The van der Waals surface area contributed by atoms with E-state index in [0.29, 0.717) is 5.96 Å². The van der Waals surface area contributed by atoms with Crippen molar-refractivity contribution in [2.75, 3.05) is 27.2 Å². The van der Waals surface area contributed by atoms with Gasteiger partial charge >= 0.3 is 0 Å². The summed E-state index contributed by atoms with van der Waals surface area (Å²) in [4.78, 5) is 19.2. The van der Waals surface area contributed by atoms with Gasteiger partial charge in [-0.1, -0.05) is 36.4 Å². The summed E-state index contributed by atoms with van der Waals surface area (Å²) in [6, 6.07) is 14.9. The van der Waals surface area contributed by atoms with Gasteiger partial charge in [-0.3, -0.25) is 4.79 Å². The van der Waals surface area contributed by atoms with Gasteiger partial charge in [0.2, 0.25) is 5.91 Å². The first-order chi connectivity index (χ1) is 13.0. The minimum absolute atomic E-state index is 0. The molecule has 0 saturated heterocycles. The van der Waals surface area contributed by atoms with Gasteiger partial charge in [0.15, 0.2) is 5.96 Å². The molecule has 0 radical (unpaired) electrons. The summed E-state index contributed by atoms with van der Waals surface area (Å²) in [7, 11) is 3.50. The third-order valence-corrected chi connectivity index (χ3v) is 5.14. The number of amides is 1. The summed E-state index contributed by atoms with van der Waals surface area (Å²) in [6.07, 6.45) is 2.95. The van der Waals surface area contributed by atoms with Crippen LogP contribution >= 0.6 is 35.3 Å². The van der Waals surface area contributed by atoms with Crippen LogP contribution in [0.25, 0.3) is 0 Å². The number of benzene rings is 1. The van der Waals surface area contributed by atoms with Gasteiger partial charge in [0.1, 0.15) is 6.54 Å². The van der Waals surface area contributed by atoms with Gasteiger partial charge in [-0.2, -0.15) is 0 Å². The van der Waals surface area contributed by atoms with Crippen LogP contribution in [0.2, 0.25) is 0 Å². The zero-order chi connectivity index (χ0) is 19.5. The van der Waals surface area contributed by atoms with Crippen molar-refractivity contribution in [2.24, 2.45) is 4.99 Å². The van der Waals surface area contributed by atoms with E-state index >= 15 is 0 Å². The maximum atomic E-state index is 11.9. The van der Waals surface area contributed by atoms with Crippen LogP contribution < -0.4 is 10.6 Å². The summed E-state index contributed by atoms with van der Waals surface area (Å²) in [5.41, 5.74) is 1.33. The van der Waals surface area contributed by atoms with E-state index in [-0.39, 0.29) is 42.5 Å². The molecule has 154 valence electrons. The molecule has 0 aliphatic heterocycles. The van der Waals surface area contributed by atoms with Crippen LogP contribution in [0.4, 0.5) is 0 Å². The fraction of sp³-hybridized carbons (Fsp3) is 0.429. The average molecular weight is 514 g/mol. The van der Waals surface area contributed by atoms with E-state index in [0.717, 1.165) is 25.8 Å². The Hall–Kier alpha value is -1.61. The van der Waals surface area contributed by atoms with Crippen LogP contribution in [0.15, 0.2) is 52.8 Å². The molecular weight excluding hydrogens is 483 g/mol. The predicted octanol–water partition coefficient (Wildman–Crippen LogP) is 3.55. The van der Waals surface area contributed by atoms with Gasteiger partial charge in [0, 0.05) is 31.6 Å². The number of carbonyl (C=O) groups is 1. The van der Waals surface area contributed by atoms with Gasteiger partial charge in [-0.15, -0.1) is 35.3 Å². The van der Waals surface area contributed by atoms with Crippen molar-refractivity contribution >= 4 is 47.2 Å². The highest BCUT2D eigenvalue weighted by Crippen LogP contribution is 2.08. The number of halogens is 1. The van der Waals surface area contributed by atoms with Crippen LogP contribution in [0.1, 0.15) is 23.8 Å². The molecular formula is C21H31IN4OS. The van der Waals surface area contributed by atoms with Crippen molar-refractivity contribution in [2.45, 2.75) is 32.2 Å². The van der Waals surface area contributed by atoms with Gasteiger partial charge in [0.05, 0.1) is 0 Å². The van der Waals surface area contributed by atoms with Crippen molar-refractivity contribution in [1.82, 2.24) is 15.5 Å². The Kier molecular flexibility index (Phi) is 11.8. The number of thiophene rings is 1. The molecule has 1 unspecified atom stereocenters. The molecule has 1 aromatic heterocycles. The molecule has 1 aromatic carbocycles. The molecule has 7 heteroatoms. The molecule has 0 saturated carbocycles. The highest BCUT2D eigenvalue weighted by atomic mass is 127. The van der Waals surface area contributed by atoms with Gasteiger partial charge < -0.3 is 15.5 Å². The smallest absolute Gasteiger partial charge is 0.243 e. The molecule has 28 heavy (non-hydrogen) atoms. The third kappa shape index (κ3) is 9.54. The minimum Gasteiger partial charge on any atom is -0.356 e. The molecule has 1 atom stereocenters. The molecule has 0 bridgehead atoms. The Balaban J connectivity index is 0.00000392. The van der Waals surface area contributed by atoms with Crippen LogP contribution in [0.5, 0.6) is 0 Å². The summed E-state index contributed by atoms with van der Waals surface area (Å²) >= 11 is 1.76. The van der Waals surface area contributed by atoms with Crippen LogP contribution in [0.3, 0.4) is 0 Å². The molecule has 2 rings (SSSR count). The number of hydrogen-bond donors (Lipinski definition) is 2. The van der Waals surface area contributed by atoms with Crippen LogP contribution in [0, 0.1) is 0 Å². The minimum atomic E-state index is -0.00806. The number of hydrogen-bond acceptors (Lipinski definition) is 3. The molecule has 0 aliphatic rings. The zero-order valence-electron chi connectivity index (χ0n) is 16.9. The topological polar surface area (TPSA) is 56.7 Å². The van der Waals surface area contributed by atoms with E-state index in [1.165, 1.54) is 10.4 Å². The summed E-state index contributed by atoms with van der Waals surface area (Å²) in [5, 5.41) is 8.88. The lowest BCUT2D eigenvalue weighted by Crippen LogP contribution is -2.43. The van der Waals surface area contributed by atoms with E-state index in [1.807, 2.05) is 6.07 Å². The van der Waals surface area contributed by atoms with E-state index in [1.54, 1.807) is 30.3 Å². The van der Waals surface area contributed by atoms with Gasteiger partial charge in [-0.25, -0.2) is 4.99 Å². The first-order valence-corrected chi connectivity index (χ1v) is 10.2. The number of likely N-dealkylation sites (N-methyl/N-ethyl adjacent to an activating group) is 1. The second-order valence-electron chi connectivity index (χ2n) is 6.78. The van der Waals surface area contributed by atoms with E-state index in [9.17, 15) is 4.79 Å². The quantitative estimate of drug-likeness (QED) is 0.306. The second-order valence-corrected chi connectivity index (χ2v) is 7.81. The Labute approximate surface area is 189 Å². The van der Waals surface area contributed by atoms with Crippen LogP contribution in [-0.2, 0) is 17.6 Å². The van der Waals surface area contributed by atoms with Crippen molar-refractivity contribution in [3.05, 3.63) is 58.3 Å². The summed E-state index contributed by atoms with van der Waals surface area (Å²) in [5.74, 6) is 0.689. The second kappa shape index (κ2) is 13.5. The lowest BCUT2D eigenvalue weighted by atomic mass is 10.1. The summed E-state index contributed by atoms with van der Waals surface area (Å²) < 4.78 is 0. The molecule has 0 fully saturated rings. The maximum Gasteiger partial charge on any atom is 0.243 e. The third-order valence-electron chi connectivity index (χ3n) is 4.21. The van der Waals surface area contributed by atoms with Crippen molar-refractivity contribution in [1.29, 1.82) is 0 Å². The maximum absolute atomic E-state index is 11.9. The molecule has 0 spiro atoms. The SMILES string of the molecule is CC(CCc1ccccc1)NC(=NCC(=O)N(C)C)NCCc1cccs1.I. The number of guanidine groups is 1. The number of rotatable bonds is 9. The molecule has 5 nitrogen and oxygen atoms in total. The van der Waals surface area contributed by atoms with Crippen molar-refractivity contribution < 1.29 is 4.79 Å². The number of aryl methyl sites for hydroxylation is 1. The molecule has 2 aromatic rings. The first-order valence-electron chi connectivity index (χ1n) is 9.36. The number of carbonyl (C=O) groups excluding carboxylic acids is 1. The lowest BCUT2D eigenvalue weighted by molar-refractivity contribution is -0.127. The zero-order valence-corrected chi connectivity index (χ0v) is 20.0. The fourth-order valence-electron chi connectivity index (χ4n) is 2.53. The first kappa shape index (κ1) is 24.4. The Morgan fingerprint density at radius 1 is 1.14 bits per heavy atom. The molecule has 1 heterocycles. The van der Waals surface area contributed by atoms with Gasteiger partial charge in [-0.05, 0) is 43.2 Å². The standard InChI is InChI=1S/C21H30N4OS.HI/c1-17(11-12-18-8-5-4-6-9-18)24-21(23-16-20(26)25(2)3)22-14-13-19-10-7-15-27-19;/h4-10,15,17H,11-14,16H2,1-3H3,(H2,22,23,24);1H. The predicted molar refractivity (Wildman–Crippen MR) is 130 cm³/mol. The molecule has 0 aliphatic carbocycles. The van der Waals surface area contributed by atoms with Crippen molar-refractivity contribution in [3.8, 4) is 0 Å². The van der Waals surface area contributed by atoms with Crippen molar-refractivity contribution in [3.63, 3.8) is 0 Å². The fourth-order valence-corrected chi connectivity index (χ4v) is 3.24. The Bertz CT molecular complexity index is 704. The van der Waals surface area contributed by atoms with E-state index in [2.05, 4.69) is 64.3 Å². The highest BCUT2D eigenvalue weighted by Gasteiger charge is 2.08. The molecule has 2 N–H and O–H groups in total. The van der Waals surface area contributed by atoms with Crippen LogP contribution in [-0.4, -0.2) is 50.0 Å². The number of nitrogens with one attached hydrogen (secondary N) is 2. The number of nitrogens with zero attached hydrogens (tertiary/aromatic N) is 2. The molecule has 1 amide bonds. The monoisotopic (exact) mass is 514 g/mol. The van der Waals surface area contributed by atoms with Gasteiger partial charge in [0.25, 0.3) is 0 Å². The summed E-state index contributed by atoms with van der Waals surface area (Å²) in [6.45, 7) is 3.08. The van der Waals surface area contributed by atoms with E-state index in [4.69, 9.17) is 0 Å². The number of aliphatic imine (C=N–C) groups is 1.